The van der Waals surface area contributed by atoms with Gasteiger partial charge in [0.05, 0.1) is 4.92 Å². The quantitative estimate of drug-likeness (QED) is 0.610. The first kappa shape index (κ1) is 10.0. The van der Waals surface area contributed by atoms with Crippen molar-refractivity contribution in [1.29, 1.82) is 0 Å². The summed E-state index contributed by atoms with van der Waals surface area (Å²) >= 11 is 0. The Morgan fingerprint density at radius 3 is 2.67 bits per heavy atom. The molecule has 15 heavy (non-hydrogen) atoms. The van der Waals surface area contributed by atoms with Gasteiger partial charge in [0.2, 0.25) is 0 Å². The number of hydrogen-bond donors (Lipinski definition) is 1. The largest absolute Gasteiger partial charge is 0.330 e. The number of hydrogen-bond acceptors (Lipinski definition) is 3. The molecule has 80 valence electrons. The third-order valence-corrected chi connectivity index (χ3v) is 2.98. The first-order valence-electron chi connectivity index (χ1n) is 4.73. The lowest BCUT2D eigenvalue weighted by Crippen LogP contribution is -2.21. The number of nitrogens with two attached hydrogens (primary N) is 1. The molecule has 1 aromatic rings. The van der Waals surface area contributed by atoms with Crippen LogP contribution in [0.15, 0.2) is 18.2 Å². The molecule has 0 spiro atoms. The average molecular weight is 210 g/mol. The average Bonchev–Trinajstić information content (AvgIpc) is 2.99. The Morgan fingerprint density at radius 1 is 1.53 bits per heavy atom. The fraction of sp³-hybridized carbons (Fsp3) is 0.400. The summed E-state index contributed by atoms with van der Waals surface area (Å²) in [6.45, 7) is 0.338. The van der Waals surface area contributed by atoms with Crippen molar-refractivity contribution in [3.63, 3.8) is 0 Å². The fourth-order valence-corrected chi connectivity index (χ4v) is 1.77. The molecule has 2 rings (SSSR count). The zero-order valence-electron chi connectivity index (χ0n) is 8.07. The summed E-state index contributed by atoms with van der Waals surface area (Å²) in [6, 6.07) is 3.61. The number of non-ortho nitro benzene ring substituents is 1. The minimum absolute atomic E-state index is 0.0777. The highest BCUT2D eigenvalue weighted by Gasteiger charge is 2.45. The van der Waals surface area contributed by atoms with Crippen molar-refractivity contribution in [3.05, 3.63) is 39.7 Å². The summed E-state index contributed by atoms with van der Waals surface area (Å²) in [4.78, 5) is 10.0. The standard InChI is InChI=1S/C10H11FN2O2/c11-9-2-1-7(13(14)15)5-8(9)10(6-12)3-4-10/h1-2,5H,3-4,6,12H2. The van der Waals surface area contributed by atoms with Gasteiger partial charge in [-0.3, -0.25) is 10.1 Å². The van der Waals surface area contributed by atoms with E-state index in [1.807, 2.05) is 0 Å². The maximum Gasteiger partial charge on any atom is 0.269 e. The molecule has 0 bridgehead atoms. The van der Waals surface area contributed by atoms with Crippen molar-refractivity contribution in [3.8, 4) is 0 Å². The Hall–Kier alpha value is -1.49. The maximum atomic E-state index is 13.5. The van der Waals surface area contributed by atoms with Crippen LogP contribution < -0.4 is 5.73 Å². The Kier molecular flexibility index (Phi) is 2.19. The normalized spacial score (nSPS) is 17.5. The van der Waals surface area contributed by atoms with E-state index in [2.05, 4.69) is 0 Å². The zero-order chi connectivity index (χ0) is 11.1. The summed E-state index contributed by atoms with van der Waals surface area (Å²) in [7, 11) is 0. The number of halogens is 1. The summed E-state index contributed by atoms with van der Waals surface area (Å²) in [5, 5.41) is 10.6. The molecule has 1 aliphatic carbocycles. The molecular formula is C10H11FN2O2. The zero-order valence-corrected chi connectivity index (χ0v) is 8.07. The van der Waals surface area contributed by atoms with E-state index in [0.29, 0.717) is 12.1 Å². The highest BCUT2D eigenvalue weighted by Crippen LogP contribution is 2.48. The summed E-state index contributed by atoms with van der Waals surface area (Å²) in [5.74, 6) is -0.399. The van der Waals surface area contributed by atoms with Crippen molar-refractivity contribution < 1.29 is 9.31 Å². The van der Waals surface area contributed by atoms with Gasteiger partial charge in [-0.2, -0.15) is 0 Å². The topological polar surface area (TPSA) is 69.2 Å². The number of nitro benzene ring substituents is 1. The molecule has 1 saturated carbocycles. The molecule has 2 N–H and O–H groups in total. The number of rotatable bonds is 3. The molecule has 0 saturated heterocycles. The van der Waals surface area contributed by atoms with Crippen molar-refractivity contribution in [2.45, 2.75) is 18.3 Å². The molecule has 1 fully saturated rings. The van der Waals surface area contributed by atoms with Crippen LogP contribution in [0.4, 0.5) is 10.1 Å². The minimum atomic E-state index is -0.518. The molecule has 1 aromatic carbocycles. The molecule has 0 aromatic heterocycles. The minimum Gasteiger partial charge on any atom is -0.330 e. The molecule has 0 unspecified atom stereocenters. The van der Waals surface area contributed by atoms with Crippen molar-refractivity contribution >= 4 is 5.69 Å². The van der Waals surface area contributed by atoms with E-state index < -0.39 is 10.7 Å². The number of benzene rings is 1. The highest BCUT2D eigenvalue weighted by atomic mass is 19.1. The van der Waals surface area contributed by atoms with Crippen LogP contribution in [0.3, 0.4) is 0 Å². The van der Waals surface area contributed by atoms with Gasteiger partial charge in [-0.1, -0.05) is 0 Å². The van der Waals surface area contributed by atoms with Gasteiger partial charge in [0, 0.05) is 29.7 Å². The lowest BCUT2D eigenvalue weighted by molar-refractivity contribution is -0.385. The van der Waals surface area contributed by atoms with E-state index in [1.54, 1.807) is 0 Å². The predicted octanol–water partition coefficient (Wildman–Crippen LogP) is 1.72. The van der Waals surface area contributed by atoms with E-state index >= 15 is 0 Å². The Balaban J connectivity index is 2.46. The van der Waals surface area contributed by atoms with Gasteiger partial charge in [-0.15, -0.1) is 0 Å². The third kappa shape index (κ3) is 1.59. The lowest BCUT2D eigenvalue weighted by Gasteiger charge is -2.13. The van der Waals surface area contributed by atoms with Gasteiger partial charge in [0.25, 0.3) is 5.69 Å². The first-order valence-corrected chi connectivity index (χ1v) is 4.73. The van der Waals surface area contributed by atoms with Crippen LogP contribution in [0.25, 0.3) is 0 Å². The van der Waals surface area contributed by atoms with Gasteiger partial charge >= 0.3 is 0 Å². The molecule has 0 atom stereocenters. The first-order chi connectivity index (χ1) is 7.09. The summed E-state index contributed by atoms with van der Waals surface area (Å²) < 4.78 is 13.5. The second-order valence-electron chi connectivity index (χ2n) is 3.91. The smallest absolute Gasteiger partial charge is 0.269 e. The monoisotopic (exact) mass is 210 g/mol. The van der Waals surface area contributed by atoms with Crippen molar-refractivity contribution in [2.24, 2.45) is 5.73 Å². The molecule has 4 nitrogen and oxygen atoms in total. The Morgan fingerprint density at radius 2 is 2.20 bits per heavy atom. The fourth-order valence-electron chi connectivity index (χ4n) is 1.77. The molecule has 0 heterocycles. The molecule has 0 aliphatic heterocycles. The van der Waals surface area contributed by atoms with Gasteiger partial charge in [-0.05, 0) is 18.9 Å². The van der Waals surface area contributed by atoms with Crippen LogP contribution in [0.5, 0.6) is 0 Å². The van der Waals surface area contributed by atoms with Crippen molar-refractivity contribution in [2.75, 3.05) is 6.54 Å². The van der Waals surface area contributed by atoms with Crippen LogP contribution in [-0.2, 0) is 5.41 Å². The van der Waals surface area contributed by atoms with Crippen LogP contribution in [0, 0.1) is 15.9 Å². The Bertz CT molecular complexity index is 416. The second kappa shape index (κ2) is 3.27. The van der Waals surface area contributed by atoms with Crippen LogP contribution in [0.1, 0.15) is 18.4 Å². The van der Waals surface area contributed by atoms with Crippen LogP contribution in [-0.4, -0.2) is 11.5 Å². The number of nitro groups is 1. The van der Waals surface area contributed by atoms with E-state index in [9.17, 15) is 14.5 Å². The third-order valence-electron chi connectivity index (χ3n) is 2.98. The SMILES string of the molecule is NCC1(c2cc([N+](=O)[O-])ccc2F)CC1. The molecule has 0 amide bonds. The summed E-state index contributed by atoms with van der Waals surface area (Å²) in [5.41, 5.74) is 5.52. The highest BCUT2D eigenvalue weighted by molar-refractivity contribution is 5.42. The molecule has 5 heteroatoms. The van der Waals surface area contributed by atoms with E-state index in [4.69, 9.17) is 5.73 Å². The van der Waals surface area contributed by atoms with E-state index in [0.717, 1.165) is 18.9 Å². The van der Waals surface area contributed by atoms with E-state index in [1.165, 1.54) is 12.1 Å². The van der Waals surface area contributed by atoms with E-state index in [-0.39, 0.29) is 11.1 Å². The van der Waals surface area contributed by atoms with Crippen molar-refractivity contribution in [1.82, 2.24) is 0 Å². The van der Waals surface area contributed by atoms with Crippen LogP contribution in [0.2, 0.25) is 0 Å². The van der Waals surface area contributed by atoms with Gasteiger partial charge < -0.3 is 5.73 Å². The summed E-state index contributed by atoms with van der Waals surface area (Å²) in [6.07, 6.45) is 1.61. The lowest BCUT2D eigenvalue weighted by atomic mass is 9.95. The Labute approximate surface area is 86.0 Å². The van der Waals surface area contributed by atoms with Gasteiger partial charge in [0.15, 0.2) is 0 Å². The molecule has 1 aliphatic rings. The van der Waals surface area contributed by atoms with Gasteiger partial charge in [0.1, 0.15) is 5.82 Å². The number of nitrogens with zero attached hydrogens (tertiary/aromatic N) is 1. The van der Waals surface area contributed by atoms with Crippen LogP contribution >= 0.6 is 0 Å². The predicted molar refractivity (Wildman–Crippen MR) is 53.0 cm³/mol. The molecule has 0 radical (unpaired) electrons. The maximum absolute atomic E-state index is 13.5. The molecular weight excluding hydrogens is 199 g/mol. The van der Waals surface area contributed by atoms with Gasteiger partial charge in [-0.25, -0.2) is 4.39 Å². The second-order valence-corrected chi connectivity index (χ2v) is 3.91.